The Kier molecular flexibility index (Phi) is 6.08. The summed E-state index contributed by atoms with van der Waals surface area (Å²) >= 11 is 6.06. The number of aryl methyl sites for hydroxylation is 1. The molecule has 0 bridgehead atoms. The first-order chi connectivity index (χ1) is 9.17. The van der Waals surface area contributed by atoms with E-state index < -0.39 is 0 Å². The van der Waals surface area contributed by atoms with Crippen LogP contribution >= 0.6 is 46.1 Å². The maximum Gasteiger partial charge on any atom is 0.264 e. The normalized spacial score (nSPS) is 23.5. The third-order valence-corrected chi connectivity index (χ3v) is 7.53. The van der Waals surface area contributed by atoms with Gasteiger partial charge in [-0.3, -0.25) is 4.79 Å². The Labute approximate surface area is 136 Å². The van der Waals surface area contributed by atoms with E-state index in [9.17, 15) is 4.79 Å². The molecule has 2 rings (SSSR count). The molecule has 1 N–H and O–H groups in total. The highest BCUT2D eigenvalue weighted by molar-refractivity contribution is 14.1. The first kappa shape index (κ1) is 15.7. The van der Waals surface area contributed by atoms with Crippen LogP contribution < -0.4 is 5.56 Å². The summed E-state index contributed by atoms with van der Waals surface area (Å²) in [4.78, 5) is 19.8. The van der Waals surface area contributed by atoms with E-state index in [1.165, 1.54) is 5.75 Å². The van der Waals surface area contributed by atoms with Gasteiger partial charge in [0.2, 0.25) is 0 Å². The summed E-state index contributed by atoms with van der Waals surface area (Å²) in [7, 11) is 0. The predicted octanol–water partition coefficient (Wildman–Crippen LogP) is 3.63. The van der Waals surface area contributed by atoms with Gasteiger partial charge in [0, 0.05) is 16.8 Å². The van der Waals surface area contributed by atoms with Crippen molar-refractivity contribution < 1.29 is 0 Å². The second kappa shape index (κ2) is 7.36. The number of aromatic amines is 1. The Bertz CT molecular complexity index is 492. The van der Waals surface area contributed by atoms with Crippen LogP contribution in [0.5, 0.6) is 0 Å². The van der Waals surface area contributed by atoms with Crippen molar-refractivity contribution in [2.45, 2.75) is 43.6 Å². The molecule has 2 heterocycles. The second-order valence-corrected chi connectivity index (χ2v) is 8.25. The van der Waals surface area contributed by atoms with Crippen molar-refractivity contribution >= 4 is 46.1 Å². The standard InChI is InChI=1S/C13H19IN2OS2/c1-3-5-8-10(14)13(17)16-12(15-8)11-9(4-2)18-6-7-19-11/h9,11H,3-7H2,1-2H3,(H,15,16,17). The molecule has 0 aromatic carbocycles. The van der Waals surface area contributed by atoms with Crippen LogP contribution in [0.3, 0.4) is 0 Å². The van der Waals surface area contributed by atoms with Gasteiger partial charge in [-0.05, 0) is 35.4 Å². The van der Waals surface area contributed by atoms with Crippen LogP contribution in [0.4, 0.5) is 0 Å². The number of H-pyrrole nitrogens is 1. The van der Waals surface area contributed by atoms with Crippen molar-refractivity contribution in [3.8, 4) is 0 Å². The fourth-order valence-corrected chi connectivity index (χ4v) is 5.76. The third kappa shape index (κ3) is 3.69. The average molecular weight is 410 g/mol. The second-order valence-electron chi connectivity index (χ2n) is 4.57. The minimum atomic E-state index is 0.0278. The van der Waals surface area contributed by atoms with Gasteiger partial charge in [-0.2, -0.15) is 11.8 Å². The molecule has 1 fully saturated rings. The lowest BCUT2D eigenvalue weighted by Gasteiger charge is -2.29. The molecule has 1 aliphatic rings. The molecule has 1 aromatic rings. The number of rotatable bonds is 4. The largest absolute Gasteiger partial charge is 0.309 e. The number of aromatic nitrogens is 2. The summed E-state index contributed by atoms with van der Waals surface area (Å²) < 4.78 is 0.754. The Morgan fingerprint density at radius 3 is 2.79 bits per heavy atom. The molecule has 3 nitrogen and oxygen atoms in total. The summed E-state index contributed by atoms with van der Waals surface area (Å²) in [6.07, 6.45) is 3.04. The summed E-state index contributed by atoms with van der Waals surface area (Å²) in [5, 5.41) is 0.903. The molecule has 19 heavy (non-hydrogen) atoms. The van der Waals surface area contributed by atoms with Crippen LogP contribution in [0.2, 0.25) is 0 Å². The average Bonchev–Trinajstić information content (AvgIpc) is 2.43. The van der Waals surface area contributed by atoms with Crippen LogP contribution in [0.25, 0.3) is 0 Å². The molecule has 0 spiro atoms. The van der Waals surface area contributed by atoms with E-state index in [2.05, 4.69) is 41.4 Å². The van der Waals surface area contributed by atoms with E-state index in [1.807, 2.05) is 23.5 Å². The van der Waals surface area contributed by atoms with Gasteiger partial charge in [-0.15, -0.1) is 11.8 Å². The number of halogens is 1. The van der Waals surface area contributed by atoms with Crippen molar-refractivity contribution in [3.63, 3.8) is 0 Å². The molecule has 0 aliphatic carbocycles. The molecule has 0 radical (unpaired) electrons. The van der Waals surface area contributed by atoms with Crippen molar-refractivity contribution in [1.82, 2.24) is 9.97 Å². The number of hydrogen-bond donors (Lipinski definition) is 1. The number of thioether (sulfide) groups is 2. The van der Waals surface area contributed by atoms with Crippen molar-refractivity contribution in [1.29, 1.82) is 0 Å². The smallest absolute Gasteiger partial charge is 0.264 e. The highest BCUT2D eigenvalue weighted by Gasteiger charge is 2.29. The van der Waals surface area contributed by atoms with Crippen molar-refractivity contribution in [2.75, 3.05) is 11.5 Å². The number of hydrogen-bond acceptors (Lipinski definition) is 4. The van der Waals surface area contributed by atoms with Gasteiger partial charge in [-0.25, -0.2) is 4.98 Å². The third-order valence-electron chi connectivity index (χ3n) is 3.16. The van der Waals surface area contributed by atoms with Crippen LogP contribution in [0.15, 0.2) is 4.79 Å². The Hall–Kier alpha value is 0.310. The maximum absolute atomic E-state index is 12.1. The van der Waals surface area contributed by atoms with Crippen molar-refractivity contribution in [3.05, 3.63) is 25.4 Å². The minimum absolute atomic E-state index is 0.0278. The topological polar surface area (TPSA) is 45.8 Å². The minimum Gasteiger partial charge on any atom is -0.309 e. The zero-order valence-electron chi connectivity index (χ0n) is 11.2. The summed E-state index contributed by atoms with van der Waals surface area (Å²) in [5.74, 6) is 3.23. The molecule has 1 aromatic heterocycles. The van der Waals surface area contributed by atoms with E-state index in [0.29, 0.717) is 10.5 Å². The van der Waals surface area contributed by atoms with Crippen LogP contribution in [0, 0.1) is 3.57 Å². The molecule has 2 atom stereocenters. The Morgan fingerprint density at radius 2 is 2.11 bits per heavy atom. The molecule has 2 unspecified atom stereocenters. The number of nitrogens with zero attached hydrogens (tertiary/aromatic N) is 1. The maximum atomic E-state index is 12.1. The molecule has 1 aliphatic heterocycles. The van der Waals surface area contributed by atoms with E-state index in [1.54, 1.807) is 0 Å². The van der Waals surface area contributed by atoms with E-state index >= 15 is 0 Å². The zero-order chi connectivity index (χ0) is 13.8. The van der Waals surface area contributed by atoms with Crippen molar-refractivity contribution in [2.24, 2.45) is 0 Å². The highest BCUT2D eigenvalue weighted by atomic mass is 127. The monoisotopic (exact) mass is 410 g/mol. The first-order valence-corrected chi connectivity index (χ1v) is 9.86. The Morgan fingerprint density at radius 1 is 1.37 bits per heavy atom. The SMILES string of the molecule is CCCc1nc(C2SCCSC2CC)[nH]c(=O)c1I. The van der Waals surface area contributed by atoms with E-state index in [0.717, 1.165) is 40.1 Å². The fourth-order valence-electron chi connectivity index (χ4n) is 2.22. The molecule has 106 valence electrons. The summed E-state index contributed by atoms with van der Waals surface area (Å²) in [6.45, 7) is 4.34. The molecular formula is C13H19IN2OS2. The van der Waals surface area contributed by atoms with Gasteiger partial charge in [0.1, 0.15) is 5.82 Å². The lowest BCUT2D eigenvalue weighted by molar-refractivity contribution is 0.726. The molecular weight excluding hydrogens is 391 g/mol. The van der Waals surface area contributed by atoms with Gasteiger partial charge in [0.05, 0.1) is 14.5 Å². The fraction of sp³-hybridized carbons (Fsp3) is 0.692. The van der Waals surface area contributed by atoms with Gasteiger partial charge < -0.3 is 4.98 Å². The summed E-state index contributed by atoms with van der Waals surface area (Å²) in [6, 6.07) is 0. The Balaban J connectivity index is 2.35. The molecule has 6 heteroatoms. The van der Waals surface area contributed by atoms with E-state index in [4.69, 9.17) is 4.98 Å². The van der Waals surface area contributed by atoms with Crippen LogP contribution in [-0.2, 0) is 6.42 Å². The first-order valence-electron chi connectivity index (χ1n) is 6.69. The van der Waals surface area contributed by atoms with E-state index in [-0.39, 0.29) is 5.56 Å². The van der Waals surface area contributed by atoms with Gasteiger partial charge in [0.25, 0.3) is 5.56 Å². The van der Waals surface area contributed by atoms with Gasteiger partial charge in [-0.1, -0.05) is 20.3 Å². The lowest BCUT2D eigenvalue weighted by Crippen LogP contribution is -2.25. The van der Waals surface area contributed by atoms with Gasteiger partial charge >= 0.3 is 0 Å². The molecule has 1 saturated heterocycles. The van der Waals surface area contributed by atoms with Crippen LogP contribution in [0.1, 0.15) is 43.5 Å². The predicted molar refractivity (Wildman–Crippen MR) is 93.3 cm³/mol. The van der Waals surface area contributed by atoms with Crippen LogP contribution in [-0.4, -0.2) is 26.7 Å². The quantitative estimate of drug-likeness (QED) is 0.771. The summed E-state index contributed by atoms with van der Waals surface area (Å²) in [5.41, 5.74) is 0.993. The van der Waals surface area contributed by atoms with Gasteiger partial charge in [0.15, 0.2) is 0 Å². The highest BCUT2D eigenvalue weighted by Crippen LogP contribution is 2.42. The lowest BCUT2D eigenvalue weighted by atomic mass is 10.2. The zero-order valence-corrected chi connectivity index (χ0v) is 15.0. The molecule has 0 amide bonds. The molecule has 0 saturated carbocycles. The number of nitrogens with one attached hydrogen (secondary N) is 1.